The molecule has 0 bridgehead atoms. The molecule has 0 spiro atoms. The first-order valence-corrected chi connectivity index (χ1v) is 6.48. The number of carbonyl (C=O) groups is 2. The second kappa shape index (κ2) is 7.09. The van der Waals surface area contributed by atoms with Crippen LogP contribution in [-0.2, 0) is 4.79 Å². The van der Waals surface area contributed by atoms with Gasteiger partial charge in [-0.05, 0) is 36.4 Å². The number of nitrogens with one attached hydrogen (secondary N) is 1. The van der Waals surface area contributed by atoms with Crippen LogP contribution in [-0.4, -0.2) is 23.5 Å². The van der Waals surface area contributed by atoms with Gasteiger partial charge >= 0.3 is 5.97 Å². The first-order chi connectivity index (χ1) is 10.1. The lowest BCUT2D eigenvalue weighted by Crippen LogP contribution is -2.25. The molecule has 0 aliphatic heterocycles. The largest absolute Gasteiger partial charge is 0.481 e. The molecular weight excluding hydrogens is 270 g/mol. The molecule has 0 heterocycles. The minimum absolute atomic E-state index is 0.0963. The molecule has 2 aromatic carbocycles. The Morgan fingerprint density at radius 1 is 0.952 bits per heavy atom. The van der Waals surface area contributed by atoms with Gasteiger partial charge in [0.25, 0.3) is 5.91 Å². The molecule has 2 N–H and O–H groups in total. The molecule has 21 heavy (non-hydrogen) atoms. The summed E-state index contributed by atoms with van der Waals surface area (Å²) in [6.45, 7) is 0.108. The maximum Gasteiger partial charge on any atom is 0.305 e. The molecule has 0 aliphatic rings. The van der Waals surface area contributed by atoms with Gasteiger partial charge in [-0.25, -0.2) is 0 Å². The van der Waals surface area contributed by atoms with E-state index >= 15 is 0 Å². The normalized spacial score (nSPS) is 9.90. The maximum atomic E-state index is 11.8. The number of hydrogen-bond acceptors (Lipinski definition) is 3. The van der Waals surface area contributed by atoms with E-state index in [9.17, 15) is 9.59 Å². The van der Waals surface area contributed by atoms with E-state index in [4.69, 9.17) is 9.84 Å². The summed E-state index contributed by atoms with van der Waals surface area (Å²) < 4.78 is 5.62. The zero-order valence-electron chi connectivity index (χ0n) is 11.3. The molecule has 0 aromatic heterocycles. The maximum absolute atomic E-state index is 11.8. The van der Waals surface area contributed by atoms with Crippen molar-refractivity contribution in [3.05, 3.63) is 60.2 Å². The number of aliphatic carboxylic acids is 1. The minimum Gasteiger partial charge on any atom is -0.481 e. The zero-order valence-corrected chi connectivity index (χ0v) is 11.3. The molecule has 0 unspecified atom stereocenters. The summed E-state index contributed by atoms with van der Waals surface area (Å²) in [5.74, 6) is 0.101. The van der Waals surface area contributed by atoms with Crippen molar-refractivity contribution >= 4 is 11.9 Å². The first kappa shape index (κ1) is 14.6. The molecule has 2 aromatic rings. The summed E-state index contributed by atoms with van der Waals surface area (Å²) >= 11 is 0. The van der Waals surface area contributed by atoms with Crippen LogP contribution in [0.5, 0.6) is 11.5 Å². The minimum atomic E-state index is -0.943. The van der Waals surface area contributed by atoms with E-state index in [-0.39, 0.29) is 18.9 Å². The van der Waals surface area contributed by atoms with Crippen molar-refractivity contribution in [3.8, 4) is 11.5 Å². The number of benzene rings is 2. The summed E-state index contributed by atoms with van der Waals surface area (Å²) in [6.07, 6.45) is -0.0963. The molecule has 0 atom stereocenters. The molecule has 0 saturated heterocycles. The Bertz CT molecular complexity index is 608. The number of amides is 1. The van der Waals surface area contributed by atoms with Crippen LogP contribution < -0.4 is 10.1 Å². The van der Waals surface area contributed by atoms with Crippen LogP contribution in [0.1, 0.15) is 16.8 Å². The fourth-order valence-electron chi connectivity index (χ4n) is 1.68. The highest BCUT2D eigenvalue weighted by Crippen LogP contribution is 2.20. The summed E-state index contributed by atoms with van der Waals surface area (Å²) in [7, 11) is 0. The average Bonchev–Trinajstić information content (AvgIpc) is 2.48. The summed E-state index contributed by atoms with van der Waals surface area (Å²) in [4.78, 5) is 22.1. The highest BCUT2D eigenvalue weighted by atomic mass is 16.5. The fourth-order valence-corrected chi connectivity index (χ4v) is 1.68. The SMILES string of the molecule is O=C(O)CCNC(=O)c1ccc(Oc2ccccc2)cc1. The van der Waals surface area contributed by atoms with Gasteiger partial charge in [0, 0.05) is 12.1 Å². The molecule has 0 aliphatic carbocycles. The number of ether oxygens (including phenoxy) is 1. The number of para-hydroxylation sites is 1. The Hall–Kier alpha value is -2.82. The van der Waals surface area contributed by atoms with Crippen molar-refractivity contribution in [3.63, 3.8) is 0 Å². The molecule has 108 valence electrons. The van der Waals surface area contributed by atoms with Gasteiger partial charge in [-0.15, -0.1) is 0 Å². The van der Waals surface area contributed by atoms with Crippen LogP contribution in [0.25, 0.3) is 0 Å². The molecule has 5 nitrogen and oxygen atoms in total. The van der Waals surface area contributed by atoms with Crippen LogP contribution in [0.2, 0.25) is 0 Å². The Morgan fingerprint density at radius 2 is 1.57 bits per heavy atom. The molecule has 0 saturated carbocycles. The van der Waals surface area contributed by atoms with Crippen LogP contribution in [0.3, 0.4) is 0 Å². The average molecular weight is 285 g/mol. The van der Waals surface area contributed by atoms with Gasteiger partial charge in [0.1, 0.15) is 11.5 Å². The van der Waals surface area contributed by atoms with Crippen molar-refractivity contribution in [1.29, 1.82) is 0 Å². The van der Waals surface area contributed by atoms with E-state index in [0.717, 1.165) is 5.75 Å². The van der Waals surface area contributed by atoms with Gasteiger partial charge in [-0.2, -0.15) is 0 Å². The summed E-state index contributed by atoms with van der Waals surface area (Å²) in [5, 5.41) is 11.0. The van der Waals surface area contributed by atoms with E-state index in [2.05, 4.69) is 5.32 Å². The third-order valence-electron chi connectivity index (χ3n) is 2.72. The topological polar surface area (TPSA) is 75.6 Å². The van der Waals surface area contributed by atoms with Gasteiger partial charge in [0.2, 0.25) is 0 Å². The number of carboxylic acids is 1. The van der Waals surface area contributed by atoms with Crippen molar-refractivity contribution in [2.45, 2.75) is 6.42 Å². The predicted molar refractivity (Wildman–Crippen MR) is 77.5 cm³/mol. The number of hydrogen-bond donors (Lipinski definition) is 2. The number of rotatable bonds is 6. The molecule has 0 radical (unpaired) electrons. The van der Waals surface area contributed by atoms with Crippen molar-refractivity contribution in [2.24, 2.45) is 0 Å². The van der Waals surface area contributed by atoms with E-state index in [0.29, 0.717) is 11.3 Å². The quantitative estimate of drug-likeness (QED) is 0.855. The molecule has 1 amide bonds. The van der Waals surface area contributed by atoms with Gasteiger partial charge < -0.3 is 15.2 Å². The van der Waals surface area contributed by atoms with Crippen LogP contribution >= 0.6 is 0 Å². The Morgan fingerprint density at radius 3 is 2.19 bits per heavy atom. The molecule has 5 heteroatoms. The third kappa shape index (κ3) is 4.65. The van der Waals surface area contributed by atoms with Crippen molar-refractivity contribution in [2.75, 3.05) is 6.54 Å². The van der Waals surface area contributed by atoms with Crippen LogP contribution in [0, 0.1) is 0 Å². The van der Waals surface area contributed by atoms with Crippen molar-refractivity contribution in [1.82, 2.24) is 5.32 Å². The predicted octanol–water partition coefficient (Wildman–Crippen LogP) is 2.68. The molecule has 0 fully saturated rings. The summed E-state index contributed by atoms with van der Waals surface area (Å²) in [6, 6.07) is 16.0. The fraction of sp³-hybridized carbons (Fsp3) is 0.125. The van der Waals surface area contributed by atoms with Crippen LogP contribution in [0.4, 0.5) is 0 Å². The highest BCUT2D eigenvalue weighted by Gasteiger charge is 2.06. The first-order valence-electron chi connectivity index (χ1n) is 6.48. The second-order valence-electron chi connectivity index (χ2n) is 4.34. The third-order valence-corrected chi connectivity index (χ3v) is 2.72. The summed E-state index contributed by atoms with van der Waals surface area (Å²) in [5.41, 5.74) is 0.459. The zero-order chi connectivity index (χ0) is 15.1. The second-order valence-corrected chi connectivity index (χ2v) is 4.34. The Labute approximate surface area is 122 Å². The smallest absolute Gasteiger partial charge is 0.305 e. The molecule has 2 rings (SSSR count). The molecular formula is C16H15NO4. The Balaban J connectivity index is 1.92. The van der Waals surface area contributed by atoms with E-state index in [1.165, 1.54) is 0 Å². The monoisotopic (exact) mass is 285 g/mol. The van der Waals surface area contributed by atoms with E-state index in [1.54, 1.807) is 24.3 Å². The number of carbonyl (C=O) groups excluding carboxylic acids is 1. The lowest BCUT2D eigenvalue weighted by Gasteiger charge is -2.07. The van der Waals surface area contributed by atoms with Gasteiger partial charge in [-0.3, -0.25) is 9.59 Å². The van der Waals surface area contributed by atoms with E-state index < -0.39 is 5.97 Å². The van der Waals surface area contributed by atoms with Gasteiger partial charge in [0.15, 0.2) is 0 Å². The lowest BCUT2D eigenvalue weighted by atomic mass is 10.2. The lowest BCUT2D eigenvalue weighted by molar-refractivity contribution is -0.136. The van der Waals surface area contributed by atoms with Crippen molar-refractivity contribution < 1.29 is 19.4 Å². The van der Waals surface area contributed by atoms with Gasteiger partial charge in [0.05, 0.1) is 6.42 Å². The Kier molecular flexibility index (Phi) is 4.93. The number of carboxylic acid groups (broad SMARTS) is 1. The highest BCUT2D eigenvalue weighted by molar-refractivity contribution is 5.94. The van der Waals surface area contributed by atoms with Gasteiger partial charge in [-0.1, -0.05) is 18.2 Å². The van der Waals surface area contributed by atoms with Crippen LogP contribution in [0.15, 0.2) is 54.6 Å². The van der Waals surface area contributed by atoms with E-state index in [1.807, 2.05) is 30.3 Å². The standard InChI is InChI=1S/C16H15NO4/c18-15(19)10-11-17-16(20)12-6-8-14(9-7-12)21-13-4-2-1-3-5-13/h1-9H,10-11H2,(H,17,20)(H,18,19).